The average Bonchev–Trinajstić information content (AvgIpc) is 2.93. The van der Waals surface area contributed by atoms with Crippen LogP contribution in [0.2, 0.25) is 0 Å². The highest BCUT2D eigenvalue weighted by Gasteiger charge is 2.38. The van der Waals surface area contributed by atoms with Crippen molar-refractivity contribution >= 4 is 21.6 Å². The van der Waals surface area contributed by atoms with E-state index in [1.807, 2.05) is 36.9 Å². The van der Waals surface area contributed by atoms with Crippen molar-refractivity contribution in [3.05, 3.63) is 59.2 Å². The molecule has 0 aliphatic carbocycles. The fraction of sp³-hybridized carbons (Fsp3) is 0.409. The molecule has 1 N–H and O–H groups in total. The molecule has 28 heavy (non-hydrogen) atoms. The first-order valence-corrected chi connectivity index (χ1v) is 11.4. The van der Waals surface area contributed by atoms with Crippen LogP contribution in [0.15, 0.2) is 47.4 Å². The summed E-state index contributed by atoms with van der Waals surface area (Å²) in [6, 6.07) is 13.3. The van der Waals surface area contributed by atoms with Gasteiger partial charge < -0.3 is 4.90 Å². The molecule has 2 aliphatic heterocycles. The van der Waals surface area contributed by atoms with Gasteiger partial charge in [0.1, 0.15) is 0 Å². The smallest absolute Gasteiger partial charge is 0.240 e. The van der Waals surface area contributed by atoms with E-state index in [-0.39, 0.29) is 22.8 Å². The van der Waals surface area contributed by atoms with Crippen LogP contribution in [0, 0.1) is 0 Å². The lowest BCUT2D eigenvalue weighted by atomic mass is 9.97. The zero-order chi connectivity index (χ0) is 19.9. The monoisotopic (exact) mass is 398 g/mol. The first-order valence-electron chi connectivity index (χ1n) is 9.91. The van der Waals surface area contributed by atoms with Crippen LogP contribution in [-0.2, 0) is 27.7 Å². The fourth-order valence-corrected chi connectivity index (χ4v) is 5.60. The van der Waals surface area contributed by atoms with Gasteiger partial charge in [-0.25, -0.2) is 13.1 Å². The Balaban J connectivity index is 1.54. The van der Waals surface area contributed by atoms with Gasteiger partial charge in [0.25, 0.3) is 0 Å². The predicted octanol–water partition coefficient (Wildman–Crippen LogP) is 3.38. The lowest BCUT2D eigenvalue weighted by Crippen LogP contribution is -2.33. The minimum atomic E-state index is -3.63. The molecule has 0 aromatic heterocycles. The molecule has 1 amide bonds. The van der Waals surface area contributed by atoms with Gasteiger partial charge in [-0.1, -0.05) is 30.3 Å². The van der Waals surface area contributed by atoms with Crippen LogP contribution in [0.5, 0.6) is 0 Å². The quantitative estimate of drug-likeness (QED) is 0.811. The van der Waals surface area contributed by atoms with Gasteiger partial charge in [0.05, 0.1) is 16.5 Å². The van der Waals surface area contributed by atoms with Gasteiger partial charge in [0, 0.05) is 12.6 Å². The van der Waals surface area contributed by atoms with Crippen molar-refractivity contribution < 1.29 is 13.2 Å². The van der Waals surface area contributed by atoms with E-state index < -0.39 is 10.0 Å². The molecule has 0 saturated heterocycles. The van der Waals surface area contributed by atoms with E-state index in [4.69, 9.17) is 0 Å². The molecule has 2 aromatic rings. The van der Waals surface area contributed by atoms with Crippen LogP contribution in [0.3, 0.4) is 0 Å². The number of aryl methyl sites for hydroxylation is 2. The van der Waals surface area contributed by atoms with Gasteiger partial charge in [-0.3, -0.25) is 4.79 Å². The Kier molecular flexibility index (Phi) is 5.02. The van der Waals surface area contributed by atoms with Gasteiger partial charge in [-0.15, -0.1) is 0 Å². The number of nitrogens with zero attached hydrogens (tertiary/aromatic N) is 1. The number of amides is 1. The van der Waals surface area contributed by atoms with Crippen LogP contribution in [0.1, 0.15) is 49.3 Å². The van der Waals surface area contributed by atoms with Crippen molar-refractivity contribution in [3.63, 3.8) is 0 Å². The molecule has 2 aliphatic rings. The SMILES string of the molecule is C[C@H](CCc1ccccc1)NS(=O)(=O)c1cc2c3c(c1)[C@H](C)C(=O)N3CCC2. The number of anilines is 1. The molecular formula is C22H26N2O3S. The number of carbonyl (C=O) groups excluding carboxylic acids is 1. The molecular weight excluding hydrogens is 372 g/mol. The van der Waals surface area contributed by atoms with Gasteiger partial charge >= 0.3 is 0 Å². The summed E-state index contributed by atoms with van der Waals surface area (Å²) in [7, 11) is -3.63. The first kappa shape index (κ1) is 19.2. The van der Waals surface area contributed by atoms with Crippen molar-refractivity contribution in [2.45, 2.75) is 56.4 Å². The highest BCUT2D eigenvalue weighted by Crippen LogP contribution is 2.43. The molecule has 148 valence electrons. The van der Waals surface area contributed by atoms with Gasteiger partial charge in [0.15, 0.2) is 0 Å². The molecule has 0 spiro atoms. The van der Waals surface area contributed by atoms with E-state index in [2.05, 4.69) is 16.9 Å². The molecule has 0 radical (unpaired) electrons. The van der Waals surface area contributed by atoms with E-state index in [1.165, 1.54) is 5.56 Å². The fourth-order valence-electron chi connectivity index (χ4n) is 4.24. The van der Waals surface area contributed by atoms with Crippen molar-refractivity contribution in [2.24, 2.45) is 0 Å². The van der Waals surface area contributed by atoms with E-state index in [9.17, 15) is 13.2 Å². The van der Waals surface area contributed by atoms with Crippen LogP contribution in [0.4, 0.5) is 5.69 Å². The molecule has 0 saturated carbocycles. The summed E-state index contributed by atoms with van der Waals surface area (Å²) in [6.45, 7) is 4.48. The lowest BCUT2D eigenvalue weighted by molar-refractivity contribution is -0.119. The van der Waals surface area contributed by atoms with E-state index in [0.717, 1.165) is 49.0 Å². The summed E-state index contributed by atoms with van der Waals surface area (Å²) < 4.78 is 28.8. The number of hydrogen-bond acceptors (Lipinski definition) is 3. The molecule has 6 heteroatoms. The standard InChI is InChI=1S/C22H26N2O3S/c1-15(10-11-17-7-4-3-5-8-17)23-28(26,27)19-13-18-9-6-12-24-21(18)20(14-19)16(2)22(24)25/h3-5,7-8,13-16,23H,6,9-12H2,1-2H3/t15-,16+/m1/s1. The van der Waals surface area contributed by atoms with Crippen LogP contribution >= 0.6 is 0 Å². The van der Waals surface area contributed by atoms with Crippen LogP contribution in [0.25, 0.3) is 0 Å². The summed E-state index contributed by atoms with van der Waals surface area (Å²) in [5.74, 6) is -0.202. The molecule has 2 atom stereocenters. The Bertz CT molecular complexity index is 1000. The molecule has 2 aromatic carbocycles. The maximum Gasteiger partial charge on any atom is 0.240 e. The van der Waals surface area contributed by atoms with E-state index in [1.54, 1.807) is 12.1 Å². The second-order valence-electron chi connectivity index (χ2n) is 7.88. The Morgan fingerprint density at radius 3 is 2.71 bits per heavy atom. The third-order valence-corrected chi connectivity index (χ3v) is 7.34. The number of benzene rings is 2. The second kappa shape index (κ2) is 7.33. The number of sulfonamides is 1. The summed E-state index contributed by atoms with van der Waals surface area (Å²) in [4.78, 5) is 14.6. The van der Waals surface area contributed by atoms with E-state index >= 15 is 0 Å². The average molecular weight is 399 g/mol. The second-order valence-corrected chi connectivity index (χ2v) is 9.60. The zero-order valence-electron chi connectivity index (χ0n) is 16.3. The maximum absolute atomic E-state index is 13.0. The number of rotatable bonds is 6. The predicted molar refractivity (Wildman–Crippen MR) is 110 cm³/mol. The molecule has 0 fully saturated rings. The van der Waals surface area contributed by atoms with Crippen molar-refractivity contribution in [2.75, 3.05) is 11.4 Å². The molecule has 4 rings (SSSR count). The topological polar surface area (TPSA) is 66.5 Å². The normalized spacial score (nSPS) is 19.6. The number of nitrogens with one attached hydrogen (secondary N) is 1. The highest BCUT2D eigenvalue weighted by molar-refractivity contribution is 7.89. The Morgan fingerprint density at radius 1 is 1.21 bits per heavy atom. The van der Waals surface area contributed by atoms with Crippen molar-refractivity contribution in [1.29, 1.82) is 0 Å². The minimum absolute atomic E-state index is 0.0784. The van der Waals surface area contributed by atoms with E-state index in [0.29, 0.717) is 0 Å². The lowest BCUT2D eigenvalue weighted by Gasteiger charge is -2.26. The summed E-state index contributed by atoms with van der Waals surface area (Å²) in [6.07, 6.45) is 3.23. The minimum Gasteiger partial charge on any atom is -0.311 e. The maximum atomic E-state index is 13.0. The summed E-state index contributed by atoms with van der Waals surface area (Å²) in [5, 5.41) is 0. The highest BCUT2D eigenvalue weighted by atomic mass is 32.2. The molecule has 0 bridgehead atoms. The summed E-state index contributed by atoms with van der Waals surface area (Å²) >= 11 is 0. The Labute approximate surface area is 166 Å². The van der Waals surface area contributed by atoms with Gasteiger partial charge in [-0.05, 0) is 68.4 Å². The van der Waals surface area contributed by atoms with Crippen LogP contribution in [-0.4, -0.2) is 26.9 Å². The van der Waals surface area contributed by atoms with Gasteiger partial charge in [-0.2, -0.15) is 0 Å². The van der Waals surface area contributed by atoms with Gasteiger partial charge in [0.2, 0.25) is 15.9 Å². The number of carbonyl (C=O) groups is 1. The molecule has 2 heterocycles. The third-order valence-electron chi connectivity index (χ3n) is 5.77. The Hall–Kier alpha value is -2.18. The molecule has 5 nitrogen and oxygen atoms in total. The summed E-state index contributed by atoms with van der Waals surface area (Å²) in [5.41, 5.74) is 3.96. The largest absolute Gasteiger partial charge is 0.311 e. The Morgan fingerprint density at radius 2 is 1.96 bits per heavy atom. The van der Waals surface area contributed by atoms with Crippen molar-refractivity contribution in [1.82, 2.24) is 4.72 Å². The third kappa shape index (κ3) is 3.47. The zero-order valence-corrected chi connectivity index (χ0v) is 17.1. The van der Waals surface area contributed by atoms with Crippen LogP contribution < -0.4 is 9.62 Å². The van der Waals surface area contributed by atoms with Crippen molar-refractivity contribution in [3.8, 4) is 0 Å². The number of hydrogen-bond donors (Lipinski definition) is 1. The molecule has 0 unspecified atom stereocenters. The first-order chi connectivity index (χ1) is 13.4.